The molecule has 1 aromatic carbocycles. The Labute approximate surface area is 155 Å². The number of thiophene rings is 1. The van der Waals surface area contributed by atoms with Crippen LogP contribution in [0.15, 0.2) is 35.7 Å². The maximum absolute atomic E-state index is 12.8. The van der Waals surface area contributed by atoms with Crippen LogP contribution in [0.2, 0.25) is 0 Å². The largest absolute Gasteiger partial charge is 0.462 e. The summed E-state index contributed by atoms with van der Waals surface area (Å²) in [5, 5.41) is 11.4. The number of rotatable bonds is 7. The van der Waals surface area contributed by atoms with Crippen LogP contribution in [0.5, 0.6) is 0 Å². The molecule has 1 aliphatic rings. The van der Waals surface area contributed by atoms with E-state index in [1.165, 1.54) is 10.4 Å². The lowest BCUT2D eigenvalue weighted by Crippen LogP contribution is -2.38. The van der Waals surface area contributed by atoms with Crippen LogP contribution in [0.4, 0.5) is 0 Å². The first-order valence-electron chi connectivity index (χ1n) is 8.34. The van der Waals surface area contributed by atoms with Crippen LogP contribution in [-0.4, -0.2) is 35.7 Å². The molecule has 2 aromatic rings. The molecule has 0 fully saturated rings. The summed E-state index contributed by atoms with van der Waals surface area (Å²) in [4.78, 5) is 30.6. The van der Waals surface area contributed by atoms with Crippen LogP contribution in [-0.2, 0) is 27.3 Å². The summed E-state index contributed by atoms with van der Waals surface area (Å²) in [6, 6.07) is 9.33. The molecule has 1 unspecified atom stereocenters. The van der Waals surface area contributed by atoms with Gasteiger partial charge in [-0.05, 0) is 35.9 Å². The summed E-state index contributed by atoms with van der Waals surface area (Å²) >= 11 is 1.74. The normalized spacial score (nSPS) is 15.1. The van der Waals surface area contributed by atoms with Crippen LogP contribution in [0.3, 0.4) is 0 Å². The van der Waals surface area contributed by atoms with E-state index in [-0.39, 0.29) is 13.2 Å². The molecule has 3 rings (SSSR count). The number of carbonyl (C=O) groups excluding carboxylic acids is 1. The molecule has 0 bridgehead atoms. The Morgan fingerprint density at radius 2 is 2.23 bits per heavy atom. The molecule has 138 valence electrons. The smallest absolute Gasteiger partial charge is 0.328 e. The maximum Gasteiger partial charge on any atom is 0.328 e. The highest BCUT2D eigenvalue weighted by Crippen LogP contribution is 2.31. The van der Waals surface area contributed by atoms with E-state index in [2.05, 4.69) is 21.2 Å². The molecule has 8 heteroatoms. The first kappa shape index (κ1) is 18.3. The molecule has 0 amide bonds. The van der Waals surface area contributed by atoms with Crippen LogP contribution < -0.4 is 0 Å². The minimum absolute atomic E-state index is 0.153. The van der Waals surface area contributed by atoms with Crippen molar-refractivity contribution < 1.29 is 19.5 Å². The lowest BCUT2D eigenvalue weighted by molar-refractivity contribution is -0.757. The molecule has 1 aromatic heterocycles. The van der Waals surface area contributed by atoms with Gasteiger partial charge in [-0.15, -0.1) is 21.5 Å². The van der Waals surface area contributed by atoms with Crippen LogP contribution in [0.25, 0.3) is 0 Å². The molecule has 7 nitrogen and oxygen atoms in total. The number of hydrogen-bond donors (Lipinski definition) is 0. The van der Waals surface area contributed by atoms with Crippen molar-refractivity contribution in [3.8, 4) is 0 Å². The van der Waals surface area contributed by atoms with Crippen LogP contribution >= 0.6 is 11.3 Å². The molecule has 0 saturated carbocycles. The average molecular weight is 376 g/mol. The van der Waals surface area contributed by atoms with Gasteiger partial charge in [-0.1, -0.05) is 29.8 Å². The number of carbonyl (C=O) groups is 1. The van der Waals surface area contributed by atoms with E-state index in [0.29, 0.717) is 6.54 Å². The van der Waals surface area contributed by atoms with Gasteiger partial charge in [0.1, 0.15) is 19.3 Å². The van der Waals surface area contributed by atoms with Gasteiger partial charge in [0, 0.05) is 18.0 Å². The summed E-state index contributed by atoms with van der Waals surface area (Å²) in [5.41, 5.74) is 3.16. The Hall–Kier alpha value is -2.45. The molecule has 0 radical (unpaired) electrons. The molecular weight excluding hydrogens is 356 g/mol. The first-order valence-corrected chi connectivity index (χ1v) is 9.22. The summed E-state index contributed by atoms with van der Waals surface area (Å²) < 4.78 is 5.26. The van der Waals surface area contributed by atoms with Crippen LogP contribution in [0.1, 0.15) is 27.6 Å². The summed E-state index contributed by atoms with van der Waals surface area (Å²) in [6.45, 7) is 2.99. The van der Waals surface area contributed by atoms with E-state index in [9.17, 15) is 14.9 Å². The highest BCUT2D eigenvalue weighted by molar-refractivity contribution is 7.10. The molecule has 0 N–H and O–H groups in total. The van der Waals surface area contributed by atoms with Crippen molar-refractivity contribution in [3.05, 3.63) is 67.4 Å². The van der Waals surface area contributed by atoms with E-state index >= 15 is 0 Å². The van der Waals surface area contributed by atoms with Gasteiger partial charge in [-0.3, -0.25) is 4.90 Å². The minimum Gasteiger partial charge on any atom is -0.462 e. The fourth-order valence-electron chi connectivity index (χ4n) is 3.16. The Bertz CT molecular complexity index is 791. The van der Waals surface area contributed by atoms with Crippen molar-refractivity contribution >= 4 is 17.3 Å². The quantitative estimate of drug-likeness (QED) is 0.320. The van der Waals surface area contributed by atoms with E-state index in [1.807, 2.05) is 31.2 Å². The van der Waals surface area contributed by atoms with E-state index < -0.39 is 17.1 Å². The van der Waals surface area contributed by atoms with Crippen molar-refractivity contribution in [1.82, 2.24) is 4.90 Å². The lowest BCUT2D eigenvalue weighted by atomic mass is 10.00. The van der Waals surface area contributed by atoms with E-state index in [1.54, 1.807) is 11.3 Å². The predicted octanol–water partition coefficient (Wildman–Crippen LogP) is 2.91. The monoisotopic (exact) mass is 376 g/mol. The summed E-state index contributed by atoms with van der Waals surface area (Å²) in [6.07, 6.45) is 0.896. The summed E-state index contributed by atoms with van der Waals surface area (Å²) in [5.74, 6) is -0.416. The zero-order valence-electron chi connectivity index (χ0n) is 14.4. The van der Waals surface area contributed by atoms with Crippen molar-refractivity contribution in [2.24, 2.45) is 0 Å². The fourth-order valence-corrected chi connectivity index (χ4v) is 4.05. The van der Waals surface area contributed by atoms with Gasteiger partial charge in [0.25, 0.3) is 5.09 Å². The van der Waals surface area contributed by atoms with Gasteiger partial charge in [0.2, 0.25) is 0 Å². The van der Waals surface area contributed by atoms with Gasteiger partial charge in [-0.2, -0.15) is 0 Å². The molecule has 1 atom stereocenters. The molecule has 0 saturated heterocycles. The van der Waals surface area contributed by atoms with Gasteiger partial charge < -0.3 is 9.57 Å². The number of esters is 1. The number of ether oxygens (including phenoxy) is 1. The van der Waals surface area contributed by atoms with Gasteiger partial charge in [-0.25, -0.2) is 4.79 Å². The third-order valence-electron chi connectivity index (χ3n) is 4.31. The maximum atomic E-state index is 12.8. The number of fused-ring (bicyclic) bond motifs is 1. The summed E-state index contributed by atoms with van der Waals surface area (Å²) in [7, 11) is 0. The first-order chi connectivity index (χ1) is 12.5. The highest BCUT2D eigenvalue weighted by Gasteiger charge is 2.32. The number of aryl methyl sites for hydroxylation is 1. The second-order valence-electron chi connectivity index (χ2n) is 6.13. The molecule has 26 heavy (non-hydrogen) atoms. The zero-order chi connectivity index (χ0) is 18.5. The van der Waals surface area contributed by atoms with Crippen molar-refractivity contribution in [3.63, 3.8) is 0 Å². The lowest BCUT2D eigenvalue weighted by Gasteiger charge is -2.33. The number of hydrogen-bond acceptors (Lipinski definition) is 7. The molecule has 0 spiro atoms. The van der Waals surface area contributed by atoms with Gasteiger partial charge in [0.15, 0.2) is 0 Å². The fraction of sp³-hybridized carbons (Fsp3) is 0.389. The topological polar surface area (TPSA) is 81.9 Å². The Morgan fingerprint density at radius 1 is 1.38 bits per heavy atom. The highest BCUT2D eigenvalue weighted by atomic mass is 32.1. The van der Waals surface area contributed by atoms with Crippen molar-refractivity contribution in [2.45, 2.75) is 25.9 Å². The van der Waals surface area contributed by atoms with Gasteiger partial charge >= 0.3 is 5.97 Å². The Balaban J connectivity index is 1.76. The molecule has 0 aliphatic carbocycles. The number of benzene rings is 1. The minimum atomic E-state index is -0.894. The molecule has 2 heterocycles. The van der Waals surface area contributed by atoms with E-state index in [4.69, 9.17) is 4.74 Å². The second-order valence-corrected chi connectivity index (χ2v) is 7.13. The zero-order valence-corrected chi connectivity index (χ0v) is 15.2. The van der Waals surface area contributed by atoms with Crippen molar-refractivity contribution in [1.29, 1.82) is 0 Å². The Kier molecular flexibility index (Phi) is 5.85. The van der Waals surface area contributed by atoms with Crippen LogP contribution in [0, 0.1) is 17.0 Å². The third kappa shape index (κ3) is 4.39. The predicted molar refractivity (Wildman–Crippen MR) is 96.3 cm³/mol. The molecule has 1 aliphatic heterocycles. The standard InChI is InChI=1S/C18H20N2O5S/c1-13-3-2-4-14(11-13)17(18(21)24-8-9-25-20(22)23)19-7-5-16-15(12-19)6-10-26-16/h2-4,6,10-11,17H,5,7-9,12H2,1H3. The Morgan fingerprint density at radius 3 is 3.00 bits per heavy atom. The molecular formula is C18H20N2O5S. The second kappa shape index (κ2) is 8.29. The SMILES string of the molecule is Cc1cccc(C(C(=O)OCCO[N+](=O)[O-])N2CCc3sccc3C2)c1. The van der Waals surface area contributed by atoms with Crippen molar-refractivity contribution in [2.75, 3.05) is 19.8 Å². The third-order valence-corrected chi connectivity index (χ3v) is 5.33. The van der Waals surface area contributed by atoms with E-state index in [0.717, 1.165) is 24.1 Å². The van der Waals surface area contributed by atoms with Gasteiger partial charge in [0.05, 0.1) is 0 Å². The average Bonchev–Trinajstić information content (AvgIpc) is 3.07. The number of nitrogens with zero attached hydrogens (tertiary/aromatic N) is 2.